The van der Waals surface area contributed by atoms with Crippen LogP contribution in [0, 0.1) is 5.92 Å². The number of carbonyl (C=O) groups excluding carboxylic acids is 1. The number of hydrogen-bond acceptors (Lipinski definition) is 3. The molecule has 0 aromatic heterocycles. The Labute approximate surface area is 129 Å². The Bertz CT molecular complexity index is 360. The van der Waals surface area contributed by atoms with Crippen molar-refractivity contribution in [1.29, 1.82) is 0 Å². The van der Waals surface area contributed by atoms with E-state index in [4.69, 9.17) is 4.74 Å². The Morgan fingerprint density at radius 2 is 2.14 bits per heavy atom. The third-order valence-electron chi connectivity index (χ3n) is 3.79. The summed E-state index contributed by atoms with van der Waals surface area (Å²) < 4.78 is 5.46. The molecule has 0 aliphatic carbocycles. The van der Waals surface area contributed by atoms with Gasteiger partial charge in [0, 0.05) is 19.1 Å². The Hall–Kier alpha value is -1.03. The van der Waals surface area contributed by atoms with Crippen LogP contribution >= 0.6 is 0 Å². The average Bonchev–Trinajstić information content (AvgIpc) is 2.81. The molecule has 4 nitrogen and oxygen atoms in total. The van der Waals surface area contributed by atoms with Crippen LogP contribution in [0.3, 0.4) is 0 Å². The highest BCUT2D eigenvalue weighted by molar-refractivity contribution is 5.68. The van der Waals surface area contributed by atoms with E-state index in [1.165, 1.54) is 5.57 Å². The molecule has 2 unspecified atom stereocenters. The molecule has 122 valence electrons. The predicted molar refractivity (Wildman–Crippen MR) is 87.4 cm³/mol. The Kier molecular flexibility index (Phi) is 6.72. The lowest BCUT2D eigenvalue weighted by Gasteiger charge is -2.26. The van der Waals surface area contributed by atoms with Crippen molar-refractivity contribution in [3.8, 4) is 0 Å². The topological polar surface area (TPSA) is 41.6 Å². The molecule has 1 fully saturated rings. The van der Waals surface area contributed by atoms with Gasteiger partial charge in [-0.3, -0.25) is 0 Å². The van der Waals surface area contributed by atoms with Crippen LogP contribution in [0.1, 0.15) is 53.9 Å². The molecule has 0 aromatic rings. The summed E-state index contributed by atoms with van der Waals surface area (Å²) in [7, 11) is 0. The summed E-state index contributed by atoms with van der Waals surface area (Å²) in [5, 5.41) is 3.57. The number of hydrogen-bond donors (Lipinski definition) is 1. The second kappa shape index (κ2) is 7.83. The van der Waals surface area contributed by atoms with Gasteiger partial charge >= 0.3 is 6.09 Å². The molecule has 1 heterocycles. The second-order valence-electron chi connectivity index (χ2n) is 7.14. The van der Waals surface area contributed by atoms with Crippen LogP contribution in [0.5, 0.6) is 0 Å². The van der Waals surface area contributed by atoms with Gasteiger partial charge < -0.3 is 15.0 Å². The quantitative estimate of drug-likeness (QED) is 0.762. The molecule has 0 spiro atoms. The molecular weight excluding hydrogens is 264 g/mol. The van der Waals surface area contributed by atoms with Crippen molar-refractivity contribution in [1.82, 2.24) is 10.2 Å². The van der Waals surface area contributed by atoms with Crippen LogP contribution in [0.4, 0.5) is 4.79 Å². The van der Waals surface area contributed by atoms with Gasteiger partial charge in [0.05, 0.1) is 0 Å². The molecule has 21 heavy (non-hydrogen) atoms. The van der Waals surface area contributed by atoms with Crippen LogP contribution in [0.25, 0.3) is 0 Å². The van der Waals surface area contributed by atoms with Crippen molar-refractivity contribution < 1.29 is 9.53 Å². The van der Waals surface area contributed by atoms with Crippen molar-refractivity contribution in [3.63, 3.8) is 0 Å². The Morgan fingerprint density at radius 3 is 2.67 bits per heavy atom. The number of rotatable bonds is 6. The van der Waals surface area contributed by atoms with E-state index in [9.17, 15) is 4.79 Å². The summed E-state index contributed by atoms with van der Waals surface area (Å²) in [6.45, 7) is 16.5. The van der Waals surface area contributed by atoms with Crippen LogP contribution in [0.15, 0.2) is 12.2 Å². The summed E-state index contributed by atoms with van der Waals surface area (Å²) in [4.78, 5) is 14.0. The van der Waals surface area contributed by atoms with E-state index in [0.29, 0.717) is 12.0 Å². The maximum Gasteiger partial charge on any atom is 0.410 e. The number of likely N-dealkylation sites (tertiary alicyclic amines) is 1. The zero-order chi connectivity index (χ0) is 16.0. The molecule has 1 rings (SSSR count). The average molecular weight is 296 g/mol. The van der Waals surface area contributed by atoms with Crippen molar-refractivity contribution in [3.05, 3.63) is 12.2 Å². The highest BCUT2D eigenvalue weighted by atomic mass is 16.6. The first-order valence-corrected chi connectivity index (χ1v) is 8.08. The summed E-state index contributed by atoms with van der Waals surface area (Å²) in [5.41, 5.74) is 0.802. The zero-order valence-electron chi connectivity index (χ0n) is 14.4. The van der Waals surface area contributed by atoms with E-state index in [1.807, 2.05) is 25.7 Å². The molecule has 1 saturated heterocycles. The molecule has 2 atom stereocenters. The number of carbonyl (C=O) groups is 1. The van der Waals surface area contributed by atoms with Gasteiger partial charge in [0.1, 0.15) is 5.60 Å². The first-order valence-electron chi connectivity index (χ1n) is 8.08. The number of nitrogens with zero attached hydrogens (tertiary/aromatic N) is 1. The fraction of sp³-hybridized carbons (Fsp3) is 0.824. The van der Waals surface area contributed by atoms with E-state index in [1.54, 1.807) is 0 Å². The predicted octanol–water partition coefficient (Wildman–Crippen LogP) is 3.58. The summed E-state index contributed by atoms with van der Waals surface area (Å²) in [6, 6.07) is 0.458. The minimum absolute atomic E-state index is 0.180. The molecule has 0 bridgehead atoms. The standard InChI is InChI=1S/C17H32N2O2/c1-7-18-15(9-8-13(2)3)14-10-11-19(12-14)16(20)21-17(4,5)6/h14-15,18H,2,7-12H2,1,3-6H3. The third-order valence-corrected chi connectivity index (χ3v) is 3.79. The maximum atomic E-state index is 12.1. The summed E-state index contributed by atoms with van der Waals surface area (Å²) >= 11 is 0. The highest BCUT2D eigenvalue weighted by Gasteiger charge is 2.33. The number of amides is 1. The fourth-order valence-corrected chi connectivity index (χ4v) is 2.78. The minimum Gasteiger partial charge on any atom is -0.444 e. The molecule has 4 heteroatoms. The molecule has 0 saturated carbocycles. The van der Waals surface area contributed by atoms with Crippen molar-refractivity contribution in [2.75, 3.05) is 19.6 Å². The van der Waals surface area contributed by atoms with E-state index >= 15 is 0 Å². The number of allylic oxidation sites excluding steroid dienone is 1. The van der Waals surface area contributed by atoms with Gasteiger partial charge in [0.15, 0.2) is 0 Å². The first-order chi connectivity index (χ1) is 9.73. The van der Waals surface area contributed by atoms with Gasteiger partial charge in [-0.2, -0.15) is 0 Å². The van der Waals surface area contributed by atoms with Gasteiger partial charge in [-0.15, -0.1) is 6.58 Å². The minimum atomic E-state index is -0.420. The van der Waals surface area contributed by atoms with Crippen molar-refractivity contribution >= 4 is 6.09 Å². The van der Waals surface area contributed by atoms with Crippen LogP contribution < -0.4 is 5.32 Å². The third kappa shape index (κ3) is 6.51. The molecule has 1 N–H and O–H groups in total. The fourth-order valence-electron chi connectivity index (χ4n) is 2.78. The lowest BCUT2D eigenvalue weighted by atomic mass is 9.93. The zero-order valence-corrected chi connectivity index (χ0v) is 14.4. The van der Waals surface area contributed by atoms with Crippen molar-refractivity contribution in [2.24, 2.45) is 5.92 Å². The second-order valence-corrected chi connectivity index (χ2v) is 7.14. The van der Waals surface area contributed by atoms with Gasteiger partial charge in [0.25, 0.3) is 0 Å². The Balaban J connectivity index is 2.53. The van der Waals surface area contributed by atoms with E-state index < -0.39 is 5.60 Å². The van der Waals surface area contributed by atoms with Crippen molar-refractivity contribution in [2.45, 2.75) is 65.5 Å². The molecule has 1 aliphatic heterocycles. The number of ether oxygens (including phenoxy) is 1. The Morgan fingerprint density at radius 1 is 1.48 bits per heavy atom. The maximum absolute atomic E-state index is 12.1. The van der Waals surface area contributed by atoms with Crippen LogP contribution in [0.2, 0.25) is 0 Å². The lowest BCUT2D eigenvalue weighted by molar-refractivity contribution is 0.0285. The monoisotopic (exact) mass is 296 g/mol. The molecule has 0 radical (unpaired) electrons. The molecule has 1 aliphatic rings. The smallest absolute Gasteiger partial charge is 0.410 e. The summed E-state index contributed by atoms with van der Waals surface area (Å²) in [5.74, 6) is 0.511. The molecule has 0 aromatic carbocycles. The molecular formula is C17H32N2O2. The normalized spacial score (nSPS) is 20.4. The van der Waals surface area contributed by atoms with Crippen LogP contribution in [-0.4, -0.2) is 42.3 Å². The van der Waals surface area contributed by atoms with Gasteiger partial charge in [-0.05, 0) is 59.4 Å². The SMILES string of the molecule is C=C(C)CCC(NCC)C1CCN(C(=O)OC(C)(C)C)C1. The largest absolute Gasteiger partial charge is 0.444 e. The van der Waals surface area contributed by atoms with Gasteiger partial charge in [-0.1, -0.05) is 12.5 Å². The molecule has 1 amide bonds. The lowest BCUT2D eigenvalue weighted by Crippen LogP contribution is -2.40. The van der Waals surface area contributed by atoms with E-state index in [0.717, 1.165) is 38.9 Å². The van der Waals surface area contributed by atoms with Crippen LogP contribution in [-0.2, 0) is 4.74 Å². The number of nitrogens with one attached hydrogen (secondary N) is 1. The summed E-state index contributed by atoms with van der Waals surface area (Å²) in [6.07, 6.45) is 3.00. The highest BCUT2D eigenvalue weighted by Crippen LogP contribution is 2.25. The van der Waals surface area contributed by atoms with Gasteiger partial charge in [-0.25, -0.2) is 4.79 Å². The van der Waals surface area contributed by atoms with E-state index in [-0.39, 0.29) is 6.09 Å². The van der Waals surface area contributed by atoms with Gasteiger partial charge in [0.2, 0.25) is 0 Å². The van der Waals surface area contributed by atoms with E-state index in [2.05, 4.69) is 25.7 Å². The first kappa shape index (κ1) is 18.0.